The fraction of sp³-hybridized carbons (Fsp3) is 0.667. The van der Waals surface area contributed by atoms with Crippen LogP contribution < -0.4 is 10.2 Å². The lowest BCUT2D eigenvalue weighted by Crippen LogP contribution is -2.36. The molecule has 5 nitrogen and oxygen atoms in total. The van der Waals surface area contributed by atoms with E-state index in [1.54, 1.807) is 11.3 Å². The van der Waals surface area contributed by atoms with Crippen LogP contribution in [0.15, 0.2) is 11.6 Å². The maximum atomic E-state index is 12.0. The molecule has 1 aliphatic rings. The minimum Gasteiger partial charge on any atom is -0.346 e. The topological polar surface area (TPSA) is 48.5 Å². The van der Waals surface area contributed by atoms with Gasteiger partial charge in [0, 0.05) is 50.7 Å². The molecule has 2 rings (SSSR count). The lowest BCUT2D eigenvalue weighted by molar-refractivity contribution is -0.130. The Labute approximate surface area is 112 Å². The van der Waals surface area contributed by atoms with E-state index >= 15 is 0 Å². The Hall–Kier alpha value is -1.14. The fourth-order valence-electron chi connectivity index (χ4n) is 2.12. The van der Waals surface area contributed by atoms with Gasteiger partial charge in [0.15, 0.2) is 5.13 Å². The average Bonchev–Trinajstić information content (AvgIpc) is 2.80. The van der Waals surface area contributed by atoms with E-state index < -0.39 is 0 Å². The number of anilines is 1. The second-order valence-corrected chi connectivity index (χ2v) is 5.26. The van der Waals surface area contributed by atoms with Crippen molar-refractivity contribution in [1.29, 1.82) is 0 Å². The first-order valence-electron chi connectivity index (χ1n) is 6.38. The molecule has 0 spiro atoms. The van der Waals surface area contributed by atoms with E-state index in [-0.39, 0.29) is 5.91 Å². The molecule has 0 aliphatic carbocycles. The zero-order chi connectivity index (χ0) is 12.8. The standard InChI is InChI=1S/C12H20N4OS/c1-13-4-3-11(17)15-6-2-7-16(9-8-15)12-14-5-10-18-12/h5,10,13H,2-4,6-9H2,1H3. The van der Waals surface area contributed by atoms with Gasteiger partial charge in [-0.15, -0.1) is 11.3 Å². The number of carbonyl (C=O) groups is 1. The van der Waals surface area contributed by atoms with Gasteiger partial charge in [0.1, 0.15) is 0 Å². The van der Waals surface area contributed by atoms with Crippen molar-refractivity contribution in [1.82, 2.24) is 15.2 Å². The average molecular weight is 268 g/mol. The molecule has 0 bridgehead atoms. The number of thiazole rings is 1. The van der Waals surface area contributed by atoms with Crippen LogP contribution in [0.5, 0.6) is 0 Å². The van der Waals surface area contributed by atoms with E-state index in [9.17, 15) is 4.79 Å². The predicted molar refractivity (Wildman–Crippen MR) is 74.1 cm³/mol. The van der Waals surface area contributed by atoms with E-state index in [0.717, 1.165) is 44.3 Å². The molecular formula is C12H20N4OS. The molecule has 0 radical (unpaired) electrons. The van der Waals surface area contributed by atoms with Crippen LogP contribution in [0.1, 0.15) is 12.8 Å². The molecular weight excluding hydrogens is 248 g/mol. The van der Waals surface area contributed by atoms with E-state index in [4.69, 9.17) is 0 Å². The summed E-state index contributed by atoms with van der Waals surface area (Å²) in [6, 6.07) is 0. The number of hydrogen-bond acceptors (Lipinski definition) is 5. The number of nitrogens with zero attached hydrogens (tertiary/aromatic N) is 3. The van der Waals surface area contributed by atoms with Crippen molar-refractivity contribution in [3.8, 4) is 0 Å². The molecule has 0 atom stereocenters. The molecule has 0 unspecified atom stereocenters. The first-order valence-corrected chi connectivity index (χ1v) is 7.26. The molecule has 18 heavy (non-hydrogen) atoms. The molecule has 6 heteroatoms. The third kappa shape index (κ3) is 3.43. The first-order chi connectivity index (χ1) is 8.81. The van der Waals surface area contributed by atoms with Crippen LogP contribution >= 0.6 is 11.3 Å². The number of aromatic nitrogens is 1. The predicted octanol–water partition coefficient (Wildman–Crippen LogP) is 0.791. The number of hydrogen-bond donors (Lipinski definition) is 1. The van der Waals surface area contributed by atoms with Crippen molar-refractivity contribution in [2.45, 2.75) is 12.8 Å². The summed E-state index contributed by atoms with van der Waals surface area (Å²) in [4.78, 5) is 20.5. The van der Waals surface area contributed by atoms with Gasteiger partial charge in [-0.2, -0.15) is 0 Å². The van der Waals surface area contributed by atoms with Gasteiger partial charge < -0.3 is 15.1 Å². The van der Waals surface area contributed by atoms with E-state index in [1.807, 2.05) is 23.5 Å². The number of amides is 1. The molecule has 1 saturated heterocycles. The Kier molecular flexibility index (Phi) is 4.95. The van der Waals surface area contributed by atoms with Crippen molar-refractivity contribution in [3.05, 3.63) is 11.6 Å². The Morgan fingerprint density at radius 3 is 3.06 bits per heavy atom. The molecule has 1 fully saturated rings. The van der Waals surface area contributed by atoms with Crippen LogP contribution in [-0.2, 0) is 4.79 Å². The normalized spacial score (nSPS) is 16.7. The summed E-state index contributed by atoms with van der Waals surface area (Å²) in [7, 11) is 1.87. The van der Waals surface area contributed by atoms with Crippen LogP contribution in [0.3, 0.4) is 0 Å². The van der Waals surface area contributed by atoms with Gasteiger partial charge in [-0.3, -0.25) is 4.79 Å². The lowest BCUT2D eigenvalue weighted by Gasteiger charge is -2.21. The molecule has 1 aromatic heterocycles. The van der Waals surface area contributed by atoms with Gasteiger partial charge in [0.2, 0.25) is 5.91 Å². The van der Waals surface area contributed by atoms with Gasteiger partial charge in [0.25, 0.3) is 0 Å². The van der Waals surface area contributed by atoms with Crippen LogP contribution in [0.4, 0.5) is 5.13 Å². The number of nitrogens with one attached hydrogen (secondary N) is 1. The summed E-state index contributed by atoms with van der Waals surface area (Å²) in [5, 5.41) is 6.08. The minimum atomic E-state index is 0.255. The highest BCUT2D eigenvalue weighted by Crippen LogP contribution is 2.19. The largest absolute Gasteiger partial charge is 0.346 e. The summed E-state index contributed by atoms with van der Waals surface area (Å²) in [6.07, 6.45) is 3.44. The van der Waals surface area contributed by atoms with Gasteiger partial charge in [-0.25, -0.2) is 4.98 Å². The van der Waals surface area contributed by atoms with E-state index in [2.05, 4.69) is 15.2 Å². The van der Waals surface area contributed by atoms with Crippen LogP contribution in [0.2, 0.25) is 0 Å². The third-order valence-electron chi connectivity index (χ3n) is 3.13. The van der Waals surface area contributed by atoms with Crippen molar-refractivity contribution < 1.29 is 4.79 Å². The van der Waals surface area contributed by atoms with Gasteiger partial charge in [-0.1, -0.05) is 0 Å². The lowest BCUT2D eigenvalue weighted by atomic mass is 10.3. The molecule has 1 aromatic rings. The minimum absolute atomic E-state index is 0.255. The Morgan fingerprint density at radius 2 is 2.33 bits per heavy atom. The highest BCUT2D eigenvalue weighted by atomic mass is 32.1. The Bertz CT molecular complexity index is 368. The van der Waals surface area contributed by atoms with Crippen LogP contribution in [0.25, 0.3) is 0 Å². The summed E-state index contributed by atoms with van der Waals surface area (Å²) < 4.78 is 0. The molecule has 100 valence electrons. The highest BCUT2D eigenvalue weighted by Gasteiger charge is 2.19. The van der Waals surface area contributed by atoms with Gasteiger partial charge >= 0.3 is 0 Å². The number of carbonyl (C=O) groups excluding carboxylic acids is 1. The Morgan fingerprint density at radius 1 is 1.44 bits per heavy atom. The summed E-state index contributed by atoms with van der Waals surface area (Å²) in [6.45, 7) is 4.31. The third-order valence-corrected chi connectivity index (χ3v) is 3.96. The maximum Gasteiger partial charge on any atom is 0.223 e. The maximum absolute atomic E-state index is 12.0. The van der Waals surface area contributed by atoms with Crippen molar-refractivity contribution >= 4 is 22.4 Å². The quantitative estimate of drug-likeness (QED) is 0.877. The first kappa shape index (κ1) is 13.3. The second kappa shape index (κ2) is 6.70. The molecule has 0 saturated carbocycles. The smallest absolute Gasteiger partial charge is 0.223 e. The highest BCUT2D eigenvalue weighted by molar-refractivity contribution is 7.13. The fourth-order valence-corrected chi connectivity index (χ4v) is 2.82. The van der Waals surface area contributed by atoms with Gasteiger partial charge in [0.05, 0.1) is 0 Å². The van der Waals surface area contributed by atoms with Crippen LogP contribution in [0, 0.1) is 0 Å². The molecule has 1 amide bonds. The summed E-state index contributed by atoms with van der Waals surface area (Å²) in [5.74, 6) is 0.255. The molecule has 1 N–H and O–H groups in total. The SMILES string of the molecule is CNCCC(=O)N1CCCN(c2nccs2)CC1. The van der Waals surface area contributed by atoms with E-state index in [1.165, 1.54) is 0 Å². The molecule has 1 aliphatic heterocycles. The summed E-state index contributed by atoms with van der Waals surface area (Å²) in [5.41, 5.74) is 0. The summed E-state index contributed by atoms with van der Waals surface area (Å²) >= 11 is 1.66. The monoisotopic (exact) mass is 268 g/mol. The van der Waals surface area contributed by atoms with Crippen molar-refractivity contribution in [2.24, 2.45) is 0 Å². The van der Waals surface area contributed by atoms with Gasteiger partial charge in [-0.05, 0) is 13.5 Å². The second-order valence-electron chi connectivity index (χ2n) is 4.39. The van der Waals surface area contributed by atoms with Crippen molar-refractivity contribution in [2.75, 3.05) is 44.7 Å². The number of rotatable bonds is 4. The molecule has 0 aromatic carbocycles. The van der Waals surface area contributed by atoms with E-state index in [0.29, 0.717) is 6.42 Å². The molecule has 2 heterocycles. The zero-order valence-corrected chi connectivity index (χ0v) is 11.6. The van der Waals surface area contributed by atoms with Crippen LogP contribution in [-0.4, -0.2) is 55.6 Å². The zero-order valence-electron chi connectivity index (χ0n) is 10.8. The Balaban J connectivity index is 1.86. The van der Waals surface area contributed by atoms with Crippen molar-refractivity contribution in [3.63, 3.8) is 0 Å².